The van der Waals surface area contributed by atoms with E-state index in [4.69, 9.17) is 5.73 Å². The van der Waals surface area contributed by atoms with Gasteiger partial charge in [0.2, 0.25) is 41.4 Å². The number of H-pyrrole nitrogens is 1. The number of aromatic nitrogens is 1. The van der Waals surface area contributed by atoms with E-state index in [1.807, 2.05) is 13.0 Å². The molecule has 7 atom stereocenters. The first kappa shape index (κ1) is 56.7. The molecule has 4 aliphatic heterocycles. The third-order valence-corrected chi connectivity index (χ3v) is 16.7. The molecule has 5 aliphatic rings. The van der Waals surface area contributed by atoms with Crippen molar-refractivity contribution in [1.29, 1.82) is 0 Å². The van der Waals surface area contributed by atoms with E-state index in [0.29, 0.717) is 79.2 Å². The number of nitrogens with one attached hydrogen (secondary N) is 5. The Balaban J connectivity index is 0.826. The van der Waals surface area contributed by atoms with Gasteiger partial charge in [0.1, 0.15) is 35.9 Å². The minimum Gasteiger partial charge on any atom is -0.370 e. The molecule has 22 nitrogen and oxygen atoms in total. The molecule has 420 valence electrons. The van der Waals surface area contributed by atoms with Gasteiger partial charge in [-0.1, -0.05) is 68.0 Å². The first-order chi connectivity index (χ1) is 38.3. The number of likely N-dealkylation sites (tertiary alicyclic amines) is 2. The van der Waals surface area contributed by atoms with Crippen LogP contribution < -0.4 is 27.0 Å². The van der Waals surface area contributed by atoms with Gasteiger partial charge in [0.25, 0.3) is 17.3 Å². The predicted molar refractivity (Wildman–Crippen MR) is 288 cm³/mol. The summed E-state index contributed by atoms with van der Waals surface area (Å²) in [4.78, 5) is 160. The Hall–Kier alpha value is -7.99. The number of hydrogen-bond acceptors (Lipinski definition) is 11. The number of nitrogens with zero attached hydrogens (tertiary/aromatic N) is 3. The van der Waals surface area contributed by atoms with Gasteiger partial charge < -0.3 is 51.2 Å². The molecule has 1 aliphatic carbocycles. The predicted octanol–water partition coefficient (Wildman–Crippen LogP) is 3.06. The van der Waals surface area contributed by atoms with Crippen LogP contribution >= 0.6 is 7.60 Å². The summed E-state index contributed by atoms with van der Waals surface area (Å²) in [7, 11) is -5.07. The fourth-order valence-corrected chi connectivity index (χ4v) is 11.9. The minimum absolute atomic E-state index is 0.00382. The first-order valence-electron chi connectivity index (χ1n) is 27.1. The number of hydrogen-bond donors (Lipinski definition) is 8. The lowest BCUT2D eigenvalue weighted by molar-refractivity contribution is -0.142. The Morgan fingerprint density at radius 2 is 1.64 bits per heavy atom. The van der Waals surface area contributed by atoms with Crippen LogP contribution in [0.5, 0.6) is 0 Å². The molecule has 23 heteroatoms. The number of amides is 9. The molecule has 0 bridgehead atoms. The lowest BCUT2D eigenvalue weighted by atomic mass is 9.91. The average molecular weight is 1110 g/mol. The second-order valence-corrected chi connectivity index (χ2v) is 22.9. The number of piperidine rings is 3. The third kappa shape index (κ3) is 12.7. The quantitative estimate of drug-likeness (QED) is 0.0359. The van der Waals surface area contributed by atoms with Gasteiger partial charge in [-0.25, -0.2) is 0 Å². The number of fused-ring (bicyclic) bond motifs is 3. The highest BCUT2D eigenvalue weighted by Crippen LogP contribution is 2.50. The number of rotatable bonds is 20. The van der Waals surface area contributed by atoms with Gasteiger partial charge in [-0.15, -0.1) is 0 Å². The molecule has 4 aromatic rings. The number of unbranched alkanes of at least 4 members (excludes halogenated alkanes) is 1. The summed E-state index contributed by atoms with van der Waals surface area (Å²) in [6.45, 7) is 3.18. The largest absolute Gasteiger partial charge is 0.396 e. The van der Waals surface area contributed by atoms with Gasteiger partial charge >= 0.3 is 7.60 Å². The summed E-state index contributed by atoms with van der Waals surface area (Å²) in [5.74, 6) is 1.76. The minimum atomic E-state index is -5.07. The van der Waals surface area contributed by atoms with Crippen LogP contribution in [-0.2, 0) is 44.7 Å². The lowest BCUT2D eigenvalue weighted by Gasteiger charge is -2.35. The highest BCUT2D eigenvalue weighted by atomic mass is 31.2. The molecular weight excluding hydrogens is 1050 g/mol. The fraction of sp³-hybridized carbons (Fsp3) is 0.439. The molecule has 3 saturated heterocycles. The van der Waals surface area contributed by atoms with Crippen molar-refractivity contribution >= 4 is 77.2 Å². The van der Waals surface area contributed by atoms with Crippen LogP contribution in [-0.4, -0.2) is 132 Å². The van der Waals surface area contributed by atoms with Crippen molar-refractivity contribution in [3.63, 3.8) is 0 Å². The molecule has 80 heavy (non-hydrogen) atoms. The van der Waals surface area contributed by atoms with E-state index in [0.717, 1.165) is 12.0 Å². The third-order valence-electron chi connectivity index (χ3n) is 15.9. The number of benzene rings is 3. The Morgan fingerprint density at radius 1 is 0.875 bits per heavy atom. The number of imide groups is 1. The van der Waals surface area contributed by atoms with E-state index in [2.05, 4.69) is 38.1 Å². The molecule has 9 amide bonds. The number of carbonyl (C=O) groups excluding carboxylic acids is 10. The number of aromatic amines is 1. The SMILES string of the molecule is CCCC[C@H](NC(=O)c1cc2cc(C(=O)P(=O)(O)O)ccc2[nH]1)C(=O)N1C[C@@H]2C[C@@H]2[C@H]1C(=O)N[C@@H](CCC(N)=O)C(=O)N[C@H](C(=O)N1CCC(CCC#Cc2cccc3c2CN(C2CCC(=O)NC2=O)C3=O)CC1)c1ccccc1. The molecule has 0 spiro atoms. The standard InChI is InChI=1S/C57H64N9O13P/c1-2-3-16-43(61-51(70)44-29-36-27-35(17-18-41(36)59-44)57(76)80(77,78)79)55(74)66-30-37-28-39(37)49(66)53(72)60-42(19-21-46(58)67)50(69)63-48(34-12-5-4-6-13-34)56(75)64-25-23-32(24-26-64)10-7-8-11-33-14-9-15-38-40(33)31-65(54(38)73)45-20-22-47(68)62-52(45)71/h4-6,9,12-15,17-18,27,29,32,37,39,42-43,45,48-49,59H,2-3,7,10,16,19-26,28,30-31H2,1H3,(H2,58,67)(H,60,72)(H,61,70)(H,63,69)(H,62,68,71)(H2,77,78,79)/t37-,39-,42-,43-,45?,48-,49-/m0/s1. The van der Waals surface area contributed by atoms with Crippen molar-refractivity contribution in [3.8, 4) is 11.8 Å². The zero-order valence-corrected chi connectivity index (χ0v) is 45.0. The topological polar surface area (TPSA) is 328 Å². The molecule has 3 aromatic carbocycles. The smallest absolute Gasteiger partial charge is 0.370 e. The summed E-state index contributed by atoms with van der Waals surface area (Å²) in [6.07, 6.45) is 4.70. The van der Waals surface area contributed by atoms with Crippen molar-refractivity contribution in [2.24, 2.45) is 23.5 Å². The monoisotopic (exact) mass is 1110 g/mol. The molecule has 1 unspecified atom stereocenters. The summed E-state index contributed by atoms with van der Waals surface area (Å²) >= 11 is 0. The van der Waals surface area contributed by atoms with Crippen molar-refractivity contribution in [2.45, 2.75) is 121 Å². The van der Waals surface area contributed by atoms with E-state index in [9.17, 15) is 62.3 Å². The Kier molecular flexibility index (Phi) is 17.1. The fourth-order valence-electron chi connectivity index (χ4n) is 11.4. The van der Waals surface area contributed by atoms with Gasteiger partial charge in [0.05, 0.1) is 0 Å². The van der Waals surface area contributed by atoms with Crippen molar-refractivity contribution < 1.29 is 62.3 Å². The molecule has 5 heterocycles. The second-order valence-electron chi connectivity index (χ2n) is 21.4. The number of primary amides is 1. The van der Waals surface area contributed by atoms with E-state index >= 15 is 0 Å². The van der Waals surface area contributed by atoms with Gasteiger partial charge in [-0.3, -0.25) is 57.8 Å². The molecule has 9 rings (SSSR count). The summed E-state index contributed by atoms with van der Waals surface area (Å²) < 4.78 is 11.6. The van der Waals surface area contributed by atoms with Gasteiger partial charge in [0, 0.05) is 73.0 Å². The van der Waals surface area contributed by atoms with E-state index in [1.165, 1.54) is 34.1 Å². The van der Waals surface area contributed by atoms with Crippen LogP contribution in [0.2, 0.25) is 0 Å². The maximum atomic E-state index is 14.5. The highest BCUT2D eigenvalue weighted by molar-refractivity contribution is 7.70. The van der Waals surface area contributed by atoms with Crippen LogP contribution in [0.4, 0.5) is 0 Å². The molecule has 1 saturated carbocycles. The maximum absolute atomic E-state index is 14.5. The van der Waals surface area contributed by atoms with Gasteiger partial charge in [0.15, 0.2) is 0 Å². The van der Waals surface area contributed by atoms with Crippen molar-refractivity contribution in [2.75, 3.05) is 19.6 Å². The summed E-state index contributed by atoms with van der Waals surface area (Å²) in [6, 6.07) is 14.0. The molecule has 9 N–H and O–H groups in total. The number of carbonyl (C=O) groups is 10. The zero-order valence-electron chi connectivity index (χ0n) is 44.1. The second kappa shape index (κ2) is 24.2. The van der Waals surface area contributed by atoms with Crippen LogP contribution in [0.15, 0.2) is 72.8 Å². The van der Waals surface area contributed by atoms with Gasteiger partial charge in [-0.2, -0.15) is 0 Å². The van der Waals surface area contributed by atoms with Gasteiger partial charge in [-0.05, 0) is 110 Å². The maximum Gasteiger partial charge on any atom is 0.396 e. The first-order valence-corrected chi connectivity index (χ1v) is 28.7. The van der Waals surface area contributed by atoms with E-state index < -0.39 is 78.8 Å². The normalized spacial score (nSPS) is 20.8. The van der Waals surface area contributed by atoms with Crippen molar-refractivity contribution in [1.82, 2.24) is 41.0 Å². The lowest BCUT2D eigenvalue weighted by Crippen LogP contribution is -2.58. The highest BCUT2D eigenvalue weighted by Gasteiger charge is 2.58. The van der Waals surface area contributed by atoms with E-state index in [1.54, 1.807) is 47.4 Å². The van der Waals surface area contributed by atoms with E-state index in [-0.39, 0.29) is 91.9 Å². The van der Waals surface area contributed by atoms with Crippen LogP contribution in [0.3, 0.4) is 0 Å². The number of nitrogens with two attached hydrogens (primary N) is 1. The molecular formula is C57H64N9O13P. The molecule has 1 aromatic heterocycles. The molecule has 4 fully saturated rings. The zero-order chi connectivity index (χ0) is 57.0. The average Bonchev–Trinajstić information content (AvgIpc) is 3.75. The Bertz CT molecular complexity index is 3270. The summed E-state index contributed by atoms with van der Waals surface area (Å²) in [5.41, 5.74) is 6.79. The Morgan fingerprint density at radius 3 is 2.35 bits per heavy atom. The van der Waals surface area contributed by atoms with Crippen LogP contribution in [0.1, 0.15) is 138 Å². The van der Waals surface area contributed by atoms with Crippen LogP contribution in [0, 0.1) is 29.6 Å². The van der Waals surface area contributed by atoms with Crippen molar-refractivity contribution in [3.05, 3.63) is 106 Å². The molecule has 0 radical (unpaired) electrons. The summed E-state index contributed by atoms with van der Waals surface area (Å²) in [5, 5.41) is 11.1. The van der Waals surface area contributed by atoms with Crippen LogP contribution in [0.25, 0.3) is 10.9 Å². The Labute approximate surface area is 460 Å².